The molecule has 0 fully saturated rings. The summed E-state index contributed by atoms with van der Waals surface area (Å²) in [4.78, 5) is 9.31. The van der Waals surface area contributed by atoms with Gasteiger partial charge in [0.05, 0.1) is 10.9 Å². The molecule has 154 valence electrons. The predicted octanol–water partition coefficient (Wildman–Crippen LogP) is 6.55. The summed E-state index contributed by atoms with van der Waals surface area (Å²) >= 11 is 0. The molecule has 2 heterocycles. The molecule has 0 radical (unpaired) electrons. The number of unbranched alkanes of at least 4 members (excludes halogenated alkanes) is 5. The lowest BCUT2D eigenvalue weighted by molar-refractivity contribution is 0.707. The van der Waals surface area contributed by atoms with Gasteiger partial charge in [-0.05, 0) is 74.6 Å². The molecule has 0 spiro atoms. The molecule has 0 aromatic carbocycles. The number of rotatable bonds is 15. The van der Waals surface area contributed by atoms with E-state index in [9.17, 15) is 0 Å². The van der Waals surface area contributed by atoms with Crippen molar-refractivity contribution in [3.63, 3.8) is 0 Å². The summed E-state index contributed by atoms with van der Waals surface area (Å²) in [5.41, 5.74) is 2.73. The van der Waals surface area contributed by atoms with Crippen LogP contribution in [0.1, 0.15) is 65.2 Å². The third-order valence-corrected chi connectivity index (χ3v) is 10.4. The highest BCUT2D eigenvalue weighted by molar-refractivity contribution is 7.65. The van der Waals surface area contributed by atoms with Crippen LogP contribution >= 0.6 is 15.8 Å². The molecule has 0 N–H and O–H groups in total. The molecule has 0 saturated heterocycles. The van der Waals surface area contributed by atoms with Crippen LogP contribution in [0.4, 0.5) is 0 Å². The van der Waals surface area contributed by atoms with Crippen LogP contribution in [0, 0.1) is 0 Å². The number of nitrogens with zero attached hydrogens (tertiary/aromatic N) is 2. The van der Waals surface area contributed by atoms with E-state index in [1.165, 1.54) is 86.9 Å². The fourth-order valence-corrected chi connectivity index (χ4v) is 8.44. The minimum Gasteiger partial charge on any atom is -0.257 e. The van der Waals surface area contributed by atoms with Crippen molar-refractivity contribution in [2.75, 3.05) is 24.6 Å². The summed E-state index contributed by atoms with van der Waals surface area (Å²) in [6.07, 6.45) is 20.1. The third-order valence-electron chi connectivity index (χ3n) is 5.12. The molecule has 2 aromatic heterocycles. The first-order valence-corrected chi connectivity index (χ1v) is 14.6. The molecule has 0 aliphatic carbocycles. The van der Waals surface area contributed by atoms with Crippen LogP contribution in [0.25, 0.3) is 0 Å². The van der Waals surface area contributed by atoms with Gasteiger partial charge in [-0.15, -0.1) is 0 Å². The Morgan fingerprint density at radius 1 is 0.571 bits per heavy atom. The maximum atomic E-state index is 4.66. The first-order valence-electron chi connectivity index (χ1n) is 11.2. The first-order chi connectivity index (χ1) is 13.8. The summed E-state index contributed by atoms with van der Waals surface area (Å²) in [5.74, 6) is 0. The molecular weight excluding hydrogens is 378 g/mol. The van der Waals surface area contributed by atoms with Crippen molar-refractivity contribution < 1.29 is 0 Å². The quantitative estimate of drug-likeness (QED) is 0.243. The number of pyridine rings is 2. The van der Waals surface area contributed by atoms with Gasteiger partial charge in [0.15, 0.2) is 0 Å². The molecule has 2 atom stereocenters. The van der Waals surface area contributed by atoms with E-state index in [-0.39, 0.29) is 15.8 Å². The molecule has 0 aliphatic heterocycles. The second-order valence-electron chi connectivity index (χ2n) is 7.47. The number of hydrogen-bond acceptors (Lipinski definition) is 2. The van der Waals surface area contributed by atoms with E-state index in [0.29, 0.717) is 0 Å². The molecule has 28 heavy (non-hydrogen) atoms. The molecule has 2 nitrogen and oxygen atoms in total. The summed E-state index contributed by atoms with van der Waals surface area (Å²) in [6.45, 7) is 4.59. The highest BCUT2D eigenvalue weighted by Gasteiger charge is 2.13. The maximum Gasteiger partial charge on any atom is 0.0630 e. The van der Waals surface area contributed by atoms with Crippen molar-refractivity contribution in [1.29, 1.82) is 0 Å². The van der Waals surface area contributed by atoms with Gasteiger partial charge in [0.2, 0.25) is 0 Å². The Morgan fingerprint density at radius 2 is 1.00 bits per heavy atom. The van der Waals surface area contributed by atoms with Crippen molar-refractivity contribution in [3.8, 4) is 0 Å². The second kappa shape index (κ2) is 15.1. The van der Waals surface area contributed by atoms with E-state index in [1.807, 2.05) is 24.5 Å². The van der Waals surface area contributed by atoms with Crippen LogP contribution in [0.2, 0.25) is 0 Å². The summed E-state index contributed by atoms with van der Waals surface area (Å²) in [6, 6.07) is 12.9. The van der Waals surface area contributed by atoms with Gasteiger partial charge in [-0.1, -0.05) is 67.5 Å². The largest absolute Gasteiger partial charge is 0.257 e. The monoisotopic (exact) mass is 416 g/mol. The van der Waals surface area contributed by atoms with Crippen molar-refractivity contribution >= 4 is 26.7 Å². The molecule has 4 heteroatoms. The van der Waals surface area contributed by atoms with Crippen molar-refractivity contribution in [2.45, 2.75) is 65.2 Å². The van der Waals surface area contributed by atoms with Gasteiger partial charge in [0, 0.05) is 12.4 Å². The maximum absolute atomic E-state index is 4.66. The Bertz CT molecular complexity index is 551. The van der Waals surface area contributed by atoms with E-state index in [2.05, 4.69) is 48.1 Å². The smallest absolute Gasteiger partial charge is 0.0630 e. The molecule has 0 bridgehead atoms. The van der Waals surface area contributed by atoms with Crippen molar-refractivity contribution in [1.82, 2.24) is 9.97 Å². The minimum absolute atomic E-state index is 0.0562. The molecular formula is C24H38N2P2. The van der Waals surface area contributed by atoms with Crippen LogP contribution < -0.4 is 10.9 Å². The Labute approximate surface area is 175 Å². The van der Waals surface area contributed by atoms with Crippen LogP contribution in [0.5, 0.6) is 0 Å². The summed E-state index contributed by atoms with van der Waals surface area (Å²) in [5, 5.41) is 0. The normalized spacial score (nSPS) is 13.4. The van der Waals surface area contributed by atoms with Crippen molar-refractivity contribution in [3.05, 3.63) is 48.8 Å². The van der Waals surface area contributed by atoms with Gasteiger partial charge in [-0.3, -0.25) is 9.97 Å². The Kier molecular flexibility index (Phi) is 12.6. The minimum atomic E-state index is -0.0562. The van der Waals surface area contributed by atoms with E-state index in [4.69, 9.17) is 0 Å². The highest BCUT2D eigenvalue weighted by atomic mass is 31.1. The van der Waals surface area contributed by atoms with Crippen molar-refractivity contribution in [2.24, 2.45) is 0 Å². The van der Waals surface area contributed by atoms with Crippen LogP contribution in [-0.2, 0) is 0 Å². The van der Waals surface area contributed by atoms with Crippen LogP contribution in [-0.4, -0.2) is 34.6 Å². The standard InChI is InChI=1S/C24H38N2P2/c1-3-5-19-27(23-15-9-11-17-25-23)21-13-7-8-14-22-28(20-6-4-2)24-16-10-12-18-26-24/h9-12,15-18H,3-8,13-14,19-22H2,1-2H3. The van der Waals surface area contributed by atoms with Crippen LogP contribution in [0.15, 0.2) is 48.8 Å². The lowest BCUT2D eigenvalue weighted by Crippen LogP contribution is -2.10. The van der Waals surface area contributed by atoms with Gasteiger partial charge in [0.1, 0.15) is 0 Å². The summed E-state index contributed by atoms with van der Waals surface area (Å²) in [7, 11) is -0.112. The molecule has 0 aliphatic rings. The lowest BCUT2D eigenvalue weighted by atomic mass is 10.2. The zero-order valence-corrected chi connectivity index (χ0v) is 19.7. The predicted molar refractivity (Wildman–Crippen MR) is 129 cm³/mol. The van der Waals surface area contributed by atoms with Gasteiger partial charge in [-0.2, -0.15) is 0 Å². The second-order valence-corrected chi connectivity index (χ2v) is 12.3. The third kappa shape index (κ3) is 9.11. The molecule has 2 rings (SSSR count). The Hall–Kier alpha value is -0.840. The van der Waals surface area contributed by atoms with Gasteiger partial charge in [-0.25, -0.2) is 0 Å². The zero-order valence-electron chi connectivity index (χ0n) is 17.9. The number of hydrogen-bond donors (Lipinski definition) is 0. The lowest BCUT2D eigenvalue weighted by Gasteiger charge is -2.18. The number of aromatic nitrogens is 2. The molecule has 2 unspecified atom stereocenters. The van der Waals surface area contributed by atoms with E-state index < -0.39 is 0 Å². The fraction of sp³-hybridized carbons (Fsp3) is 0.583. The average molecular weight is 417 g/mol. The molecule has 0 amide bonds. The molecule has 0 saturated carbocycles. The Balaban J connectivity index is 1.71. The van der Waals surface area contributed by atoms with E-state index >= 15 is 0 Å². The highest BCUT2D eigenvalue weighted by Crippen LogP contribution is 2.37. The van der Waals surface area contributed by atoms with Gasteiger partial charge in [0.25, 0.3) is 0 Å². The van der Waals surface area contributed by atoms with E-state index in [1.54, 1.807) is 0 Å². The molecule has 2 aromatic rings. The van der Waals surface area contributed by atoms with Gasteiger partial charge >= 0.3 is 0 Å². The SMILES string of the molecule is CCCCP(CCCCCCP(CCCC)c1ccccn1)c1ccccn1. The fourth-order valence-electron chi connectivity index (χ4n) is 3.42. The van der Waals surface area contributed by atoms with Crippen LogP contribution in [0.3, 0.4) is 0 Å². The summed E-state index contributed by atoms with van der Waals surface area (Å²) < 4.78 is 0. The Morgan fingerprint density at radius 3 is 1.36 bits per heavy atom. The zero-order chi connectivity index (χ0) is 19.9. The topological polar surface area (TPSA) is 25.8 Å². The van der Waals surface area contributed by atoms with Gasteiger partial charge < -0.3 is 0 Å². The first kappa shape index (κ1) is 23.4. The average Bonchev–Trinajstić information content (AvgIpc) is 2.76. The van der Waals surface area contributed by atoms with E-state index in [0.717, 1.165) is 0 Å².